The zero-order valence-electron chi connectivity index (χ0n) is 10.2. The Kier molecular flexibility index (Phi) is 3.03. The van der Waals surface area contributed by atoms with Gasteiger partial charge in [-0.1, -0.05) is 23.7 Å². The molecule has 2 aromatic rings. The van der Waals surface area contributed by atoms with Crippen molar-refractivity contribution in [2.75, 3.05) is 0 Å². The molecule has 0 aromatic heterocycles. The zero-order valence-corrected chi connectivity index (χ0v) is 11.0. The number of phenolic OH excluding ortho intramolecular Hbond substituents is 2. The molecule has 20 heavy (non-hydrogen) atoms. The van der Waals surface area contributed by atoms with Crippen LogP contribution < -0.4 is 4.74 Å². The number of allylic oxidation sites excluding steroid dienone is 1. The van der Waals surface area contributed by atoms with Crippen molar-refractivity contribution in [1.29, 1.82) is 0 Å². The van der Waals surface area contributed by atoms with Crippen LogP contribution >= 0.6 is 11.6 Å². The van der Waals surface area contributed by atoms with Gasteiger partial charge in [-0.2, -0.15) is 0 Å². The van der Waals surface area contributed by atoms with E-state index < -0.39 is 5.82 Å². The molecule has 1 heterocycles. The molecule has 3 rings (SSSR count). The van der Waals surface area contributed by atoms with Crippen LogP contribution in [0.3, 0.4) is 0 Å². The van der Waals surface area contributed by atoms with Gasteiger partial charge in [0.25, 0.3) is 0 Å². The van der Waals surface area contributed by atoms with E-state index in [1.807, 2.05) is 0 Å². The fourth-order valence-corrected chi connectivity index (χ4v) is 2.32. The van der Waals surface area contributed by atoms with Crippen LogP contribution in [0.5, 0.6) is 17.2 Å². The van der Waals surface area contributed by atoms with Crippen LogP contribution in [0.1, 0.15) is 11.1 Å². The van der Waals surface area contributed by atoms with Gasteiger partial charge in [0.05, 0.1) is 5.02 Å². The molecule has 102 valence electrons. The average Bonchev–Trinajstić information content (AvgIpc) is 2.82. The molecule has 0 atom stereocenters. The monoisotopic (exact) mass is 292 g/mol. The van der Waals surface area contributed by atoms with Gasteiger partial charge in [0.15, 0.2) is 11.5 Å². The molecule has 0 aliphatic carbocycles. The second kappa shape index (κ2) is 4.72. The summed E-state index contributed by atoms with van der Waals surface area (Å²) in [5, 5.41) is 19.4. The number of hydrogen-bond donors (Lipinski definition) is 2. The van der Waals surface area contributed by atoms with E-state index in [4.69, 9.17) is 16.3 Å². The quantitative estimate of drug-likeness (QED) is 0.785. The lowest BCUT2D eigenvalue weighted by Crippen LogP contribution is -1.91. The molecule has 2 aromatic carbocycles. The number of benzene rings is 2. The second-order valence-corrected chi connectivity index (χ2v) is 4.85. The molecule has 0 radical (unpaired) electrons. The molecule has 1 aliphatic rings. The third kappa shape index (κ3) is 2.08. The molecule has 0 fully saturated rings. The van der Waals surface area contributed by atoms with Crippen molar-refractivity contribution >= 4 is 17.7 Å². The zero-order chi connectivity index (χ0) is 14.3. The van der Waals surface area contributed by atoms with Crippen molar-refractivity contribution < 1.29 is 19.3 Å². The molecule has 2 N–H and O–H groups in total. The van der Waals surface area contributed by atoms with E-state index in [-0.39, 0.29) is 27.8 Å². The van der Waals surface area contributed by atoms with Crippen LogP contribution in [0.25, 0.3) is 6.08 Å². The Morgan fingerprint density at radius 1 is 1.20 bits per heavy atom. The maximum Gasteiger partial charge on any atom is 0.201 e. The second-order valence-electron chi connectivity index (χ2n) is 4.45. The van der Waals surface area contributed by atoms with Crippen LogP contribution in [-0.4, -0.2) is 10.2 Å². The fourth-order valence-electron chi connectivity index (χ4n) is 2.10. The average molecular weight is 293 g/mol. The van der Waals surface area contributed by atoms with Crippen LogP contribution in [0.15, 0.2) is 36.1 Å². The van der Waals surface area contributed by atoms with E-state index in [2.05, 4.69) is 0 Å². The first-order chi connectivity index (χ1) is 9.56. The Morgan fingerprint density at radius 3 is 2.75 bits per heavy atom. The summed E-state index contributed by atoms with van der Waals surface area (Å²) in [5.74, 6) is -0.368. The highest BCUT2D eigenvalue weighted by molar-refractivity contribution is 6.32. The van der Waals surface area contributed by atoms with Crippen LogP contribution in [0.4, 0.5) is 4.39 Å². The number of hydrogen-bond acceptors (Lipinski definition) is 3. The fraction of sp³-hybridized carbons (Fsp3) is 0.0667. The number of rotatable bonds is 1. The summed E-state index contributed by atoms with van der Waals surface area (Å²) in [6.07, 6.45) is 1.89. The van der Waals surface area contributed by atoms with Gasteiger partial charge < -0.3 is 14.9 Å². The summed E-state index contributed by atoms with van der Waals surface area (Å²) in [5.41, 5.74) is 0.958. The number of aromatic hydroxyl groups is 2. The van der Waals surface area contributed by atoms with Crippen molar-refractivity contribution in [2.24, 2.45) is 0 Å². The third-order valence-corrected chi connectivity index (χ3v) is 3.42. The van der Waals surface area contributed by atoms with Crippen molar-refractivity contribution in [3.8, 4) is 17.2 Å². The highest BCUT2D eigenvalue weighted by Gasteiger charge is 2.23. The van der Waals surface area contributed by atoms with E-state index in [9.17, 15) is 14.6 Å². The number of phenols is 2. The van der Waals surface area contributed by atoms with Gasteiger partial charge in [0.2, 0.25) is 5.75 Å². The first-order valence-electron chi connectivity index (χ1n) is 5.92. The minimum Gasteiger partial charge on any atom is -0.504 e. The lowest BCUT2D eigenvalue weighted by atomic mass is 10.1. The molecule has 0 spiro atoms. The highest BCUT2D eigenvalue weighted by atomic mass is 35.5. The Balaban J connectivity index is 2.00. The molecule has 0 unspecified atom stereocenters. The third-order valence-electron chi connectivity index (χ3n) is 3.09. The number of fused-ring (bicyclic) bond motifs is 1. The van der Waals surface area contributed by atoms with Gasteiger partial charge in [0, 0.05) is 17.5 Å². The van der Waals surface area contributed by atoms with Gasteiger partial charge in [-0.05, 0) is 24.3 Å². The molecular formula is C15H10ClFO3. The summed E-state index contributed by atoms with van der Waals surface area (Å²) < 4.78 is 19.2. The van der Waals surface area contributed by atoms with Crippen molar-refractivity contribution in [3.63, 3.8) is 0 Å². The van der Waals surface area contributed by atoms with E-state index >= 15 is 0 Å². The van der Waals surface area contributed by atoms with Crippen LogP contribution in [0.2, 0.25) is 5.02 Å². The lowest BCUT2D eigenvalue weighted by Gasteiger charge is -2.04. The maximum absolute atomic E-state index is 13.7. The molecule has 0 bridgehead atoms. The van der Waals surface area contributed by atoms with Crippen molar-refractivity contribution in [3.05, 3.63) is 58.1 Å². The Morgan fingerprint density at radius 2 is 2.00 bits per heavy atom. The van der Waals surface area contributed by atoms with E-state index in [1.54, 1.807) is 12.1 Å². The van der Waals surface area contributed by atoms with Gasteiger partial charge in [-0.3, -0.25) is 0 Å². The maximum atomic E-state index is 13.7. The summed E-state index contributed by atoms with van der Waals surface area (Å²) in [6.45, 7) is 0. The minimum absolute atomic E-state index is 0.198. The minimum atomic E-state index is -0.448. The predicted octanol–water partition coefficient (Wildman–Crippen LogP) is 3.87. The largest absolute Gasteiger partial charge is 0.504 e. The SMILES string of the molecule is Oc1ccc2c(c1O)OC(=Cc1c(F)cccc1Cl)C2. The summed E-state index contributed by atoms with van der Waals surface area (Å²) in [7, 11) is 0. The molecule has 3 nitrogen and oxygen atoms in total. The summed E-state index contributed by atoms with van der Waals surface area (Å²) >= 11 is 5.95. The first kappa shape index (κ1) is 12.8. The Labute approximate surface area is 119 Å². The molecule has 1 aliphatic heterocycles. The summed E-state index contributed by atoms with van der Waals surface area (Å²) in [6, 6.07) is 7.45. The van der Waals surface area contributed by atoms with Crippen molar-refractivity contribution in [2.45, 2.75) is 6.42 Å². The number of halogens is 2. The molecule has 0 saturated carbocycles. The normalized spacial score (nSPS) is 15.2. The summed E-state index contributed by atoms with van der Waals surface area (Å²) in [4.78, 5) is 0. The standard InChI is InChI=1S/C15H10ClFO3/c16-11-2-1-3-12(17)10(11)7-9-6-8-4-5-13(18)14(19)15(8)20-9/h1-5,7,18-19H,6H2. The van der Waals surface area contributed by atoms with E-state index in [1.165, 1.54) is 24.3 Å². The first-order valence-corrected chi connectivity index (χ1v) is 6.30. The lowest BCUT2D eigenvalue weighted by molar-refractivity contribution is 0.368. The Bertz CT molecular complexity index is 705. The van der Waals surface area contributed by atoms with E-state index in [0.717, 1.165) is 5.56 Å². The van der Waals surface area contributed by atoms with Gasteiger partial charge >= 0.3 is 0 Å². The topological polar surface area (TPSA) is 49.7 Å². The van der Waals surface area contributed by atoms with Gasteiger partial charge in [0.1, 0.15) is 11.6 Å². The van der Waals surface area contributed by atoms with Crippen LogP contribution in [-0.2, 0) is 6.42 Å². The van der Waals surface area contributed by atoms with E-state index in [0.29, 0.717) is 12.2 Å². The highest BCUT2D eigenvalue weighted by Crippen LogP contribution is 2.44. The van der Waals surface area contributed by atoms with Gasteiger partial charge in [-0.25, -0.2) is 4.39 Å². The molecular weight excluding hydrogens is 283 g/mol. The smallest absolute Gasteiger partial charge is 0.201 e. The number of ether oxygens (including phenoxy) is 1. The van der Waals surface area contributed by atoms with Gasteiger partial charge in [-0.15, -0.1) is 0 Å². The molecule has 5 heteroatoms. The molecule has 0 amide bonds. The van der Waals surface area contributed by atoms with Crippen LogP contribution in [0, 0.1) is 5.82 Å². The predicted molar refractivity (Wildman–Crippen MR) is 73.5 cm³/mol. The molecule has 0 saturated heterocycles. The van der Waals surface area contributed by atoms with Crippen molar-refractivity contribution in [1.82, 2.24) is 0 Å². The Hall–Kier alpha value is -2.20.